The van der Waals surface area contributed by atoms with E-state index in [9.17, 15) is 4.39 Å². The van der Waals surface area contributed by atoms with E-state index in [1.54, 1.807) is 30.0 Å². The molecule has 0 saturated heterocycles. The van der Waals surface area contributed by atoms with E-state index in [1.807, 2.05) is 6.20 Å². The molecule has 114 valence electrons. The molecule has 0 bridgehead atoms. The number of halogens is 1. The quantitative estimate of drug-likeness (QED) is 0.705. The van der Waals surface area contributed by atoms with Crippen LogP contribution in [0.5, 0.6) is 5.75 Å². The van der Waals surface area contributed by atoms with Crippen LogP contribution < -0.4 is 10.1 Å². The van der Waals surface area contributed by atoms with Crippen molar-refractivity contribution in [2.45, 2.75) is 13.1 Å². The van der Waals surface area contributed by atoms with Crippen LogP contribution in [-0.4, -0.2) is 41.9 Å². The van der Waals surface area contributed by atoms with Crippen molar-refractivity contribution in [1.29, 1.82) is 0 Å². The van der Waals surface area contributed by atoms with Crippen molar-refractivity contribution >= 4 is 0 Å². The van der Waals surface area contributed by atoms with Gasteiger partial charge in [0.05, 0.1) is 18.8 Å². The van der Waals surface area contributed by atoms with E-state index < -0.39 is 0 Å². The molecule has 7 heteroatoms. The number of ether oxygens (including phenoxy) is 2. The maximum Gasteiger partial charge on any atom is 0.165 e. The monoisotopic (exact) mass is 294 g/mol. The van der Waals surface area contributed by atoms with Gasteiger partial charge in [-0.3, -0.25) is 0 Å². The van der Waals surface area contributed by atoms with E-state index in [0.29, 0.717) is 26.3 Å². The van der Waals surface area contributed by atoms with Crippen LogP contribution >= 0.6 is 0 Å². The second kappa shape index (κ2) is 8.33. The lowest BCUT2D eigenvalue weighted by molar-refractivity contribution is 0.199. The van der Waals surface area contributed by atoms with Crippen molar-refractivity contribution in [3.63, 3.8) is 0 Å². The van der Waals surface area contributed by atoms with Gasteiger partial charge in [-0.2, -0.15) is 0 Å². The summed E-state index contributed by atoms with van der Waals surface area (Å²) < 4.78 is 25.3. The van der Waals surface area contributed by atoms with Crippen LogP contribution in [0.3, 0.4) is 0 Å². The van der Waals surface area contributed by atoms with Crippen molar-refractivity contribution in [1.82, 2.24) is 20.3 Å². The minimum atomic E-state index is -0.362. The minimum absolute atomic E-state index is 0.249. The first kappa shape index (κ1) is 15.4. The second-order valence-electron chi connectivity index (χ2n) is 4.42. The molecular formula is C14H19FN4O2. The molecule has 2 rings (SSSR count). The first-order valence-corrected chi connectivity index (χ1v) is 6.75. The fourth-order valence-corrected chi connectivity index (χ4v) is 1.73. The number of methoxy groups -OCH3 is 1. The van der Waals surface area contributed by atoms with Gasteiger partial charge in [0.1, 0.15) is 6.61 Å². The molecule has 21 heavy (non-hydrogen) atoms. The topological polar surface area (TPSA) is 61.2 Å². The SMILES string of the molecule is COCCNCc1cn(CCOc2ccccc2F)nn1. The van der Waals surface area contributed by atoms with Crippen LogP contribution in [0.25, 0.3) is 0 Å². The number of rotatable bonds is 9. The molecule has 0 amide bonds. The largest absolute Gasteiger partial charge is 0.489 e. The first-order valence-electron chi connectivity index (χ1n) is 6.75. The third-order valence-electron chi connectivity index (χ3n) is 2.79. The van der Waals surface area contributed by atoms with Gasteiger partial charge in [-0.25, -0.2) is 9.07 Å². The zero-order chi connectivity index (χ0) is 14.9. The van der Waals surface area contributed by atoms with Crippen molar-refractivity contribution in [2.24, 2.45) is 0 Å². The van der Waals surface area contributed by atoms with Crippen LogP contribution in [0.1, 0.15) is 5.69 Å². The van der Waals surface area contributed by atoms with Crippen LogP contribution in [0.2, 0.25) is 0 Å². The lowest BCUT2D eigenvalue weighted by Crippen LogP contribution is -2.18. The van der Waals surface area contributed by atoms with Gasteiger partial charge in [-0.1, -0.05) is 17.3 Å². The average Bonchev–Trinajstić information content (AvgIpc) is 2.94. The molecule has 0 atom stereocenters. The van der Waals surface area contributed by atoms with Crippen LogP contribution in [0.4, 0.5) is 4.39 Å². The molecule has 0 spiro atoms. The molecule has 1 aromatic carbocycles. The predicted octanol–water partition coefficient (Wildman–Crippen LogP) is 1.23. The Morgan fingerprint density at radius 1 is 1.29 bits per heavy atom. The molecule has 0 unspecified atom stereocenters. The molecule has 1 N–H and O–H groups in total. The summed E-state index contributed by atoms with van der Waals surface area (Å²) in [7, 11) is 1.66. The Kier molecular flexibility index (Phi) is 6.11. The Balaban J connectivity index is 1.71. The molecule has 0 aliphatic rings. The van der Waals surface area contributed by atoms with E-state index in [-0.39, 0.29) is 11.6 Å². The highest BCUT2D eigenvalue weighted by molar-refractivity contribution is 5.23. The van der Waals surface area contributed by atoms with Gasteiger partial charge in [-0.15, -0.1) is 5.10 Å². The first-order chi connectivity index (χ1) is 10.3. The number of aromatic nitrogens is 3. The maximum atomic E-state index is 13.3. The number of hydrogen-bond donors (Lipinski definition) is 1. The summed E-state index contributed by atoms with van der Waals surface area (Å²) in [5, 5.41) is 11.2. The summed E-state index contributed by atoms with van der Waals surface area (Å²) in [6.07, 6.45) is 1.84. The molecule has 0 aliphatic carbocycles. The predicted molar refractivity (Wildman–Crippen MR) is 75.5 cm³/mol. The van der Waals surface area contributed by atoms with E-state index in [2.05, 4.69) is 15.6 Å². The summed E-state index contributed by atoms with van der Waals surface area (Å²) in [5.41, 5.74) is 0.844. The fraction of sp³-hybridized carbons (Fsp3) is 0.429. The molecule has 0 aliphatic heterocycles. The highest BCUT2D eigenvalue weighted by Gasteiger charge is 2.03. The third kappa shape index (κ3) is 5.13. The number of nitrogens with one attached hydrogen (secondary N) is 1. The molecule has 1 heterocycles. The van der Waals surface area contributed by atoms with Gasteiger partial charge in [-0.05, 0) is 12.1 Å². The molecule has 1 aromatic heterocycles. The lowest BCUT2D eigenvalue weighted by Gasteiger charge is -2.06. The number of hydrogen-bond acceptors (Lipinski definition) is 5. The normalized spacial score (nSPS) is 10.8. The highest BCUT2D eigenvalue weighted by atomic mass is 19.1. The number of nitrogens with zero attached hydrogens (tertiary/aromatic N) is 3. The van der Waals surface area contributed by atoms with E-state index in [0.717, 1.165) is 12.2 Å². The third-order valence-corrected chi connectivity index (χ3v) is 2.79. The fourth-order valence-electron chi connectivity index (χ4n) is 1.73. The summed E-state index contributed by atoms with van der Waals surface area (Å²) in [6.45, 7) is 2.90. The average molecular weight is 294 g/mol. The molecule has 0 saturated carbocycles. The van der Waals surface area contributed by atoms with Crippen molar-refractivity contribution in [2.75, 3.05) is 26.9 Å². The van der Waals surface area contributed by atoms with E-state index >= 15 is 0 Å². The van der Waals surface area contributed by atoms with E-state index in [1.165, 1.54) is 6.07 Å². The summed E-state index contributed by atoms with van der Waals surface area (Å²) in [5.74, 6) is -0.113. The Hall–Kier alpha value is -1.99. The molecule has 0 radical (unpaired) electrons. The maximum absolute atomic E-state index is 13.3. The van der Waals surface area contributed by atoms with E-state index in [4.69, 9.17) is 9.47 Å². The zero-order valence-corrected chi connectivity index (χ0v) is 12.0. The molecule has 0 fully saturated rings. The number of benzene rings is 1. The van der Waals surface area contributed by atoms with Crippen LogP contribution in [0, 0.1) is 5.82 Å². The Labute approximate surface area is 122 Å². The highest BCUT2D eigenvalue weighted by Crippen LogP contribution is 2.15. The standard InChI is InChI=1S/C14H19FN4O2/c1-20-8-6-16-10-12-11-19(18-17-12)7-9-21-14-5-3-2-4-13(14)15/h2-5,11,16H,6-10H2,1H3. The molecular weight excluding hydrogens is 275 g/mol. The Morgan fingerprint density at radius 2 is 2.14 bits per heavy atom. The molecule has 2 aromatic rings. The van der Waals surface area contributed by atoms with Gasteiger partial charge in [0, 0.05) is 26.4 Å². The lowest BCUT2D eigenvalue weighted by atomic mass is 10.3. The summed E-state index contributed by atoms with van der Waals surface area (Å²) in [6, 6.07) is 6.33. The minimum Gasteiger partial charge on any atom is -0.489 e. The van der Waals surface area contributed by atoms with Gasteiger partial charge in [0.25, 0.3) is 0 Å². The Bertz CT molecular complexity index is 547. The zero-order valence-electron chi connectivity index (χ0n) is 12.0. The Morgan fingerprint density at radius 3 is 2.95 bits per heavy atom. The smallest absolute Gasteiger partial charge is 0.165 e. The van der Waals surface area contributed by atoms with Gasteiger partial charge >= 0.3 is 0 Å². The summed E-state index contributed by atoms with van der Waals surface area (Å²) >= 11 is 0. The second-order valence-corrected chi connectivity index (χ2v) is 4.42. The van der Waals surface area contributed by atoms with Gasteiger partial charge in [0.2, 0.25) is 0 Å². The van der Waals surface area contributed by atoms with Crippen molar-refractivity contribution in [3.05, 3.63) is 42.0 Å². The van der Waals surface area contributed by atoms with Crippen molar-refractivity contribution < 1.29 is 13.9 Å². The number of para-hydroxylation sites is 1. The van der Waals surface area contributed by atoms with Gasteiger partial charge in [0.15, 0.2) is 11.6 Å². The summed E-state index contributed by atoms with van der Waals surface area (Å²) in [4.78, 5) is 0. The van der Waals surface area contributed by atoms with Crippen LogP contribution in [-0.2, 0) is 17.8 Å². The van der Waals surface area contributed by atoms with Crippen LogP contribution in [0.15, 0.2) is 30.5 Å². The van der Waals surface area contributed by atoms with Crippen molar-refractivity contribution in [3.8, 4) is 5.75 Å². The molecule has 6 nitrogen and oxygen atoms in total. The van der Waals surface area contributed by atoms with Gasteiger partial charge < -0.3 is 14.8 Å².